The topological polar surface area (TPSA) is 55.4 Å². The Morgan fingerprint density at radius 2 is 1.77 bits per heavy atom. The van der Waals surface area contributed by atoms with E-state index in [4.69, 9.17) is 4.74 Å². The van der Waals surface area contributed by atoms with Crippen molar-refractivity contribution in [2.75, 3.05) is 13.7 Å². The van der Waals surface area contributed by atoms with E-state index in [0.29, 0.717) is 17.9 Å². The Bertz CT molecular complexity index is 754. The molecular weight excluding hydrogens is 298 g/mol. The lowest BCUT2D eigenvalue weighted by molar-refractivity contribution is 0.409. The zero-order chi connectivity index (χ0) is 16.2. The van der Waals surface area contributed by atoms with Crippen LogP contribution in [0.15, 0.2) is 47.4 Å². The van der Waals surface area contributed by atoms with Crippen LogP contribution in [0.1, 0.15) is 16.7 Å². The zero-order valence-electron chi connectivity index (χ0n) is 13.1. The predicted molar refractivity (Wildman–Crippen MR) is 87.8 cm³/mol. The fourth-order valence-electron chi connectivity index (χ4n) is 2.19. The van der Waals surface area contributed by atoms with E-state index in [2.05, 4.69) is 4.72 Å². The van der Waals surface area contributed by atoms with Gasteiger partial charge in [-0.15, -0.1) is 0 Å². The second kappa shape index (κ2) is 6.94. The van der Waals surface area contributed by atoms with E-state index < -0.39 is 10.0 Å². The second-order valence-electron chi connectivity index (χ2n) is 5.21. The maximum Gasteiger partial charge on any atom is 0.240 e. The standard InChI is InChI=1S/C17H21NO3S/c1-13-8-9-16(12-14(13)2)22(19,20)18-11-10-15-6-4-5-7-17(15)21-3/h4-9,12,18H,10-11H2,1-3H3. The largest absolute Gasteiger partial charge is 0.496 e. The van der Waals surface area contributed by atoms with Crippen molar-refractivity contribution in [2.24, 2.45) is 0 Å². The van der Waals surface area contributed by atoms with Gasteiger partial charge < -0.3 is 4.74 Å². The molecule has 0 spiro atoms. The van der Waals surface area contributed by atoms with Crippen LogP contribution >= 0.6 is 0 Å². The van der Waals surface area contributed by atoms with Crippen LogP contribution in [0.2, 0.25) is 0 Å². The van der Waals surface area contributed by atoms with Crippen LogP contribution in [0.3, 0.4) is 0 Å². The number of nitrogens with one attached hydrogen (secondary N) is 1. The third-order valence-electron chi connectivity index (χ3n) is 3.67. The molecule has 118 valence electrons. The van der Waals surface area contributed by atoms with Gasteiger partial charge in [-0.3, -0.25) is 0 Å². The van der Waals surface area contributed by atoms with Gasteiger partial charge in [-0.25, -0.2) is 13.1 Å². The van der Waals surface area contributed by atoms with Crippen LogP contribution < -0.4 is 9.46 Å². The van der Waals surface area contributed by atoms with Gasteiger partial charge in [0.25, 0.3) is 0 Å². The summed E-state index contributed by atoms with van der Waals surface area (Å²) in [4.78, 5) is 0.302. The van der Waals surface area contributed by atoms with Gasteiger partial charge in [0.15, 0.2) is 0 Å². The van der Waals surface area contributed by atoms with E-state index in [9.17, 15) is 8.42 Å². The van der Waals surface area contributed by atoms with Crippen molar-refractivity contribution < 1.29 is 13.2 Å². The zero-order valence-corrected chi connectivity index (χ0v) is 13.9. The highest BCUT2D eigenvalue weighted by atomic mass is 32.2. The molecule has 0 heterocycles. The predicted octanol–water partition coefficient (Wildman–Crippen LogP) is 2.83. The molecule has 1 N–H and O–H groups in total. The van der Waals surface area contributed by atoms with Crippen molar-refractivity contribution in [1.82, 2.24) is 4.72 Å². The molecule has 0 aliphatic carbocycles. The number of hydrogen-bond acceptors (Lipinski definition) is 3. The van der Waals surface area contributed by atoms with Gasteiger partial charge in [0.1, 0.15) is 5.75 Å². The van der Waals surface area contributed by atoms with Crippen molar-refractivity contribution in [3.63, 3.8) is 0 Å². The van der Waals surface area contributed by atoms with Crippen molar-refractivity contribution >= 4 is 10.0 Å². The summed E-state index contributed by atoms with van der Waals surface area (Å²) in [5.74, 6) is 0.771. The molecule has 0 saturated heterocycles. The van der Waals surface area contributed by atoms with Crippen molar-refractivity contribution in [2.45, 2.75) is 25.2 Å². The van der Waals surface area contributed by atoms with Gasteiger partial charge in [-0.2, -0.15) is 0 Å². The molecule has 0 atom stereocenters. The van der Waals surface area contributed by atoms with Crippen LogP contribution in [0.4, 0.5) is 0 Å². The molecule has 2 aromatic carbocycles. The summed E-state index contributed by atoms with van der Waals surface area (Å²) in [6.45, 7) is 4.19. The molecule has 0 amide bonds. The van der Waals surface area contributed by atoms with E-state index in [1.807, 2.05) is 44.2 Å². The van der Waals surface area contributed by atoms with E-state index in [1.165, 1.54) is 0 Å². The number of ether oxygens (including phenoxy) is 1. The minimum atomic E-state index is -3.48. The lowest BCUT2D eigenvalue weighted by Crippen LogP contribution is -2.26. The van der Waals surface area contributed by atoms with Crippen molar-refractivity contribution in [1.29, 1.82) is 0 Å². The Morgan fingerprint density at radius 1 is 1.05 bits per heavy atom. The summed E-state index contributed by atoms with van der Waals surface area (Å²) in [5, 5.41) is 0. The number of methoxy groups -OCH3 is 1. The number of hydrogen-bond donors (Lipinski definition) is 1. The van der Waals surface area contributed by atoms with Gasteiger partial charge in [0.2, 0.25) is 10.0 Å². The normalized spacial score (nSPS) is 11.4. The number of para-hydroxylation sites is 1. The molecule has 2 aromatic rings. The smallest absolute Gasteiger partial charge is 0.240 e. The first-order valence-corrected chi connectivity index (χ1v) is 8.61. The first kappa shape index (κ1) is 16.5. The lowest BCUT2D eigenvalue weighted by atomic mass is 10.1. The van der Waals surface area contributed by atoms with Crippen LogP contribution in [0.25, 0.3) is 0 Å². The van der Waals surface area contributed by atoms with Crippen molar-refractivity contribution in [3.05, 3.63) is 59.2 Å². The van der Waals surface area contributed by atoms with Gasteiger partial charge in [0, 0.05) is 6.54 Å². The van der Waals surface area contributed by atoms with Gasteiger partial charge in [-0.05, 0) is 55.2 Å². The molecule has 0 radical (unpaired) electrons. The quantitative estimate of drug-likeness (QED) is 0.891. The molecule has 0 fully saturated rings. The number of aryl methyl sites for hydroxylation is 2. The van der Waals surface area contributed by atoms with Crippen LogP contribution in [0, 0.1) is 13.8 Å². The third-order valence-corrected chi connectivity index (χ3v) is 5.13. The summed E-state index contributed by atoms with van der Waals surface area (Å²) < 4.78 is 32.5. The van der Waals surface area contributed by atoms with Gasteiger partial charge in [-0.1, -0.05) is 24.3 Å². The first-order chi connectivity index (χ1) is 10.4. The second-order valence-corrected chi connectivity index (χ2v) is 6.97. The first-order valence-electron chi connectivity index (χ1n) is 7.13. The van der Waals surface area contributed by atoms with Crippen LogP contribution in [-0.4, -0.2) is 22.1 Å². The maximum absolute atomic E-state index is 12.3. The summed E-state index contributed by atoms with van der Waals surface area (Å²) >= 11 is 0. The SMILES string of the molecule is COc1ccccc1CCNS(=O)(=O)c1ccc(C)c(C)c1. The Labute approximate surface area is 132 Å². The van der Waals surface area contributed by atoms with Gasteiger partial charge >= 0.3 is 0 Å². The molecule has 4 nitrogen and oxygen atoms in total. The highest BCUT2D eigenvalue weighted by molar-refractivity contribution is 7.89. The average Bonchev–Trinajstić information content (AvgIpc) is 2.50. The highest BCUT2D eigenvalue weighted by Gasteiger charge is 2.14. The molecule has 0 unspecified atom stereocenters. The van der Waals surface area contributed by atoms with Crippen molar-refractivity contribution in [3.8, 4) is 5.75 Å². The number of sulfonamides is 1. The Balaban J connectivity index is 2.05. The molecular formula is C17H21NO3S. The Morgan fingerprint density at radius 3 is 2.45 bits per heavy atom. The monoisotopic (exact) mass is 319 g/mol. The average molecular weight is 319 g/mol. The molecule has 0 bridgehead atoms. The van der Waals surface area contributed by atoms with E-state index in [-0.39, 0.29) is 0 Å². The van der Waals surface area contributed by atoms with E-state index in [0.717, 1.165) is 22.4 Å². The highest BCUT2D eigenvalue weighted by Crippen LogP contribution is 2.18. The Kier molecular flexibility index (Phi) is 5.21. The van der Waals surface area contributed by atoms with Crippen LogP contribution in [-0.2, 0) is 16.4 Å². The van der Waals surface area contributed by atoms with E-state index >= 15 is 0 Å². The minimum Gasteiger partial charge on any atom is -0.496 e. The molecule has 2 rings (SSSR count). The number of benzene rings is 2. The molecule has 0 aliphatic rings. The summed E-state index contributed by atoms with van der Waals surface area (Å²) in [6.07, 6.45) is 0.577. The molecule has 0 aliphatic heterocycles. The Hall–Kier alpha value is -1.85. The van der Waals surface area contributed by atoms with Crippen LogP contribution in [0.5, 0.6) is 5.75 Å². The molecule has 0 saturated carbocycles. The third kappa shape index (κ3) is 3.87. The fraction of sp³-hybridized carbons (Fsp3) is 0.294. The maximum atomic E-state index is 12.3. The minimum absolute atomic E-state index is 0.302. The fourth-order valence-corrected chi connectivity index (χ4v) is 3.31. The van der Waals surface area contributed by atoms with E-state index in [1.54, 1.807) is 19.2 Å². The molecule has 22 heavy (non-hydrogen) atoms. The van der Waals surface area contributed by atoms with Gasteiger partial charge in [0.05, 0.1) is 12.0 Å². The molecule has 0 aromatic heterocycles. The summed E-state index contributed by atoms with van der Waals surface area (Å²) in [5.41, 5.74) is 3.02. The summed E-state index contributed by atoms with van der Waals surface area (Å²) in [6, 6.07) is 12.8. The molecule has 5 heteroatoms. The number of rotatable bonds is 6. The summed E-state index contributed by atoms with van der Waals surface area (Å²) in [7, 11) is -1.87. The lowest BCUT2D eigenvalue weighted by Gasteiger charge is -2.10.